The lowest BCUT2D eigenvalue weighted by molar-refractivity contribution is -0.118. The first-order valence-corrected chi connectivity index (χ1v) is 7.20. The standard InChI is InChI=1S/C16H16BrNO3/c1-11-6-7-15(14(17)8-11)21-10-16(19)18-12-4-3-5-13(9-12)20-2/h3-9H,10H2,1-2H3,(H,18,19). The van der Waals surface area contributed by atoms with Crippen molar-refractivity contribution in [1.82, 2.24) is 0 Å². The SMILES string of the molecule is COc1cccc(NC(=O)COc2ccc(C)cc2Br)c1. The molecule has 0 fully saturated rings. The molecule has 0 saturated heterocycles. The molecule has 0 aromatic heterocycles. The van der Waals surface area contributed by atoms with E-state index in [2.05, 4.69) is 21.2 Å². The second-order valence-corrected chi connectivity index (χ2v) is 5.36. The normalized spacial score (nSPS) is 10.0. The minimum absolute atomic E-state index is 0.0567. The summed E-state index contributed by atoms with van der Waals surface area (Å²) in [4.78, 5) is 11.9. The lowest BCUT2D eigenvalue weighted by Gasteiger charge is -2.10. The first-order valence-electron chi connectivity index (χ1n) is 6.41. The van der Waals surface area contributed by atoms with E-state index in [0.29, 0.717) is 17.2 Å². The Hall–Kier alpha value is -2.01. The molecule has 0 bridgehead atoms. The number of amides is 1. The van der Waals surface area contributed by atoms with Gasteiger partial charge < -0.3 is 14.8 Å². The van der Waals surface area contributed by atoms with Crippen molar-refractivity contribution in [2.75, 3.05) is 19.0 Å². The van der Waals surface area contributed by atoms with E-state index in [4.69, 9.17) is 9.47 Å². The van der Waals surface area contributed by atoms with Crippen molar-refractivity contribution in [2.45, 2.75) is 6.92 Å². The topological polar surface area (TPSA) is 47.6 Å². The van der Waals surface area contributed by atoms with Crippen LogP contribution < -0.4 is 14.8 Å². The summed E-state index contributed by atoms with van der Waals surface area (Å²) in [6.07, 6.45) is 0. The van der Waals surface area contributed by atoms with E-state index in [-0.39, 0.29) is 12.5 Å². The van der Waals surface area contributed by atoms with Gasteiger partial charge in [0, 0.05) is 11.8 Å². The Morgan fingerprint density at radius 2 is 2.05 bits per heavy atom. The number of hydrogen-bond donors (Lipinski definition) is 1. The van der Waals surface area contributed by atoms with Gasteiger partial charge in [0.05, 0.1) is 11.6 Å². The highest BCUT2D eigenvalue weighted by Crippen LogP contribution is 2.25. The number of halogens is 1. The maximum absolute atomic E-state index is 11.9. The van der Waals surface area contributed by atoms with Gasteiger partial charge in [-0.05, 0) is 52.7 Å². The summed E-state index contributed by atoms with van der Waals surface area (Å²) < 4.78 is 11.4. The number of carbonyl (C=O) groups is 1. The Labute approximate surface area is 132 Å². The largest absolute Gasteiger partial charge is 0.497 e. The number of anilines is 1. The molecular weight excluding hydrogens is 334 g/mol. The predicted octanol–water partition coefficient (Wildman–Crippen LogP) is 3.78. The molecule has 110 valence electrons. The van der Waals surface area contributed by atoms with Gasteiger partial charge in [-0.15, -0.1) is 0 Å². The van der Waals surface area contributed by atoms with Gasteiger partial charge in [0.1, 0.15) is 11.5 Å². The number of hydrogen-bond acceptors (Lipinski definition) is 3. The highest BCUT2D eigenvalue weighted by molar-refractivity contribution is 9.10. The van der Waals surface area contributed by atoms with Gasteiger partial charge in [-0.1, -0.05) is 12.1 Å². The average Bonchev–Trinajstić information content (AvgIpc) is 2.46. The van der Waals surface area contributed by atoms with E-state index in [1.807, 2.05) is 37.3 Å². The van der Waals surface area contributed by atoms with Crippen LogP contribution in [0.15, 0.2) is 46.9 Å². The van der Waals surface area contributed by atoms with E-state index >= 15 is 0 Å². The van der Waals surface area contributed by atoms with Gasteiger partial charge >= 0.3 is 0 Å². The number of rotatable bonds is 5. The highest BCUT2D eigenvalue weighted by Gasteiger charge is 2.07. The van der Waals surface area contributed by atoms with Crippen LogP contribution in [0, 0.1) is 6.92 Å². The van der Waals surface area contributed by atoms with Crippen molar-refractivity contribution in [2.24, 2.45) is 0 Å². The molecule has 0 saturated carbocycles. The van der Waals surface area contributed by atoms with E-state index in [0.717, 1.165) is 10.0 Å². The molecule has 5 heteroatoms. The van der Waals surface area contributed by atoms with Gasteiger partial charge in [-0.2, -0.15) is 0 Å². The van der Waals surface area contributed by atoms with Crippen LogP contribution in [0.3, 0.4) is 0 Å². The fraction of sp³-hybridized carbons (Fsp3) is 0.188. The Morgan fingerprint density at radius 3 is 2.76 bits per heavy atom. The fourth-order valence-corrected chi connectivity index (χ4v) is 2.37. The molecule has 1 amide bonds. The molecule has 0 aliphatic heterocycles. The minimum Gasteiger partial charge on any atom is -0.497 e. The van der Waals surface area contributed by atoms with Crippen LogP contribution in [0.2, 0.25) is 0 Å². The zero-order valence-electron chi connectivity index (χ0n) is 11.9. The molecule has 0 atom stereocenters. The molecule has 0 unspecified atom stereocenters. The highest BCUT2D eigenvalue weighted by atomic mass is 79.9. The van der Waals surface area contributed by atoms with Gasteiger partial charge in [0.25, 0.3) is 5.91 Å². The predicted molar refractivity (Wildman–Crippen MR) is 86.0 cm³/mol. The van der Waals surface area contributed by atoms with Crippen molar-refractivity contribution >= 4 is 27.5 Å². The summed E-state index contributed by atoms with van der Waals surface area (Å²) in [7, 11) is 1.58. The molecule has 2 aromatic carbocycles. The maximum atomic E-state index is 11.9. The molecule has 0 aliphatic rings. The third kappa shape index (κ3) is 4.49. The van der Waals surface area contributed by atoms with Crippen LogP contribution in [-0.2, 0) is 4.79 Å². The van der Waals surface area contributed by atoms with Crippen molar-refractivity contribution < 1.29 is 14.3 Å². The third-order valence-corrected chi connectivity index (χ3v) is 3.42. The van der Waals surface area contributed by atoms with Crippen LogP contribution >= 0.6 is 15.9 Å². The molecule has 4 nitrogen and oxygen atoms in total. The Balaban J connectivity index is 1.92. The van der Waals surface area contributed by atoms with E-state index in [9.17, 15) is 4.79 Å². The Morgan fingerprint density at radius 1 is 1.24 bits per heavy atom. The Kier molecular flexibility index (Phi) is 5.22. The summed E-state index contributed by atoms with van der Waals surface area (Å²) >= 11 is 3.41. The van der Waals surface area contributed by atoms with Gasteiger partial charge in [-0.25, -0.2) is 0 Å². The fourth-order valence-electron chi connectivity index (χ4n) is 1.76. The van der Waals surface area contributed by atoms with E-state index < -0.39 is 0 Å². The number of ether oxygens (including phenoxy) is 2. The molecule has 2 aromatic rings. The maximum Gasteiger partial charge on any atom is 0.262 e. The van der Waals surface area contributed by atoms with Crippen molar-refractivity contribution in [3.8, 4) is 11.5 Å². The number of methoxy groups -OCH3 is 1. The molecule has 21 heavy (non-hydrogen) atoms. The summed E-state index contributed by atoms with van der Waals surface area (Å²) in [5, 5.41) is 2.76. The number of carbonyl (C=O) groups excluding carboxylic acids is 1. The smallest absolute Gasteiger partial charge is 0.262 e. The Bertz CT molecular complexity index is 643. The lowest BCUT2D eigenvalue weighted by Crippen LogP contribution is -2.20. The molecule has 0 radical (unpaired) electrons. The van der Waals surface area contributed by atoms with Crippen LogP contribution in [0.1, 0.15) is 5.56 Å². The minimum atomic E-state index is -0.226. The van der Waals surface area contributed by atoms with E-state index in [1.165, 1.54) is 0 Å². The molecular formula is C16H16BrNO3. The summed E-state index contributed by atoms with van der Waals surface area (Å²) in [6.45, 7) is 1.93. The molecule has 1 N–H and O–H groups in total. The first kappa shape index (κ1) is 15.4. The summed E-state index contributed by atoms with van der Waals surface area (Å²) in [5.41, 5.74) is 1.79. The second-order valence-electron chi connectivity index (χ2n) is 4.50. The third-order valence-electron chi connectivity index (χ3n) is 2.80. The summed E-state index contributed by atoms with van der Waals surface area (Å²) in [6, 6.07) is 12.9. The van der Waals surface area contributed by atoms with E-state index in [1.54, 1.807) is 19.2 Å². The van der Waals surface area contributed by atoms with Gasteiger partial charge in [-0.3, -0.25) is 4.79 Å². The molecule has 2 rings (SSSR count). The van der Waals surface area contributed by atoms with Gasteiger partial charge in [0.2, 0.25) is 0 Å². The number of benzene rings is 2. The average molecular weight is 350 g/mol. The lowest BCUT2D eigenvalue weighted by atomic mass is 10.2. The van der Waals surface area contributed by atoms with Crippen LogP contribution in [0.25, 0.3) is 0 Å². The summed E-state index contributed by atoms with van der Waals surface area (Å²) in [5.74, 6) is 1.10. The second kappa shape index (κ2) is 7.13. The number of aryl methyl sites for hydroxylation is 1. The quantitative estimate of drug-likeness (QED) is 0.893. The van der Waals surface area contributed by atoms with Crippen LogP contribution in [0.4, 0.5) is 5.69 Å². The van der Waals surface area contributed by atoms with Crippen molar-refractivity contribution in [3.05, 3.63) is 52.5 Å². The monoisotopic (exact) mass is 349 g/mol. The van der Waals surface area contributed by atoms with Crippen molar-refractivity contribution in [1.29, 1.82) is 0 Å². The molecule has 0 aliphatic carbocycles. The first-order chi connectivity index (χ1) is 10.1. The van der Waals surface area contributed by atoms with Crippen LogP contribution in [-0.4, -0.2) is 19.6 Å². The van der Waals surface area contributed by atoms with Crippen molar-refractivity contribution in [3.63, 3.8) is 0 Å². The zero-order chi connectivity index (χ0) is 15.2. The molecule has 0 spiro atoms. The number of nitrogens with one attached hydrogen (secondary N) is 1. The van der Waals surface area contributed by atoms with Gasteiger partial charge in [0.15, 0.2) is 6.61 Å². The molecule has 0 heterocycles. The zero-order valence-corrected chi connectivity index (χ0v) is 13.4. The van der Waals surface area contributed by atoms with Crippen LogP contribution in [0.5, 0.6) is 11.5 Å².